The Bertz CT molecular complexity index is 1210. The van der Waals surface area contributed by atoms with Crippen LogP contribution in [0.1, 0.15) is 57.8 Å². The Hall–Kier alpha value is -4.52. The number of nitro benzene ring substituents is 1. The van der Waals surface area contributed by atoms with Crippen LogP contribution in [0.4, 0.5) is 21.9 Å². The number of carbonyl (C=O) groups excluding carboxylic acids is 3. The highest BCUT2D eigenvalue weighted by molar-refractivity contribution is 5.98. The van der Waals surface area contributed by atoms with Crippen molar-refractivity contribution in [1.82, 2.24) is 4.90 Å². The third kappa shape index (κ3) is 9.84. The number of nitrogens with one attached hydrogen (secondary N) is 1. The molecule has 0 bridgehead atoms. The summed E-state index contributed by atoms with van der Waals surface area (Å²) in [6, 6.07) is 11.2. The number of ether oxygens (including phenoxy) is 2. The van der Waals surface area contributed by atoms with Crippen molar-refractivity contribution in [1.29, 1.82) is 0 Å². The summed E-state index contributed by atoms with van der Waals surface area (Å²) in [7, 11) is 0. The molecule has 0 radical (unpaired) electrons. The number of nitrogens with zero attached hydrogens (tertiary/aromatic N) is 3. The van der Waals surface area contributed by atoms with Gasteiger partial charge in [-0.2, -0.15) is 0 Å². The maximum atomic E-state index is 12.7. The molecule has 0 aromatic heterocycles. The number of carboxylic acids is 1. The second kappa shape index (κ2) is 15.5. The van der Waals surface area contributed by atoms with Gasteiger partial charge < -0.3 is 24.8 Å². The highest BCUT2D eigenvalue weighted by atomic mass is 16.6. The van der Waals surface area contributed by atoms with Crippen molar-refractivity contribution in [3.63, 3.8) is 0 Å². The van der Waals surface area contributed by atoms with Crippen molar-refractivity contribution < 1.29 is 38.7 Å². The number of non-ortho nitro benzene ring substituents is 1. The average Bonchev–Trinajstić information content (AvgIpc) is 3.45. The lowest BCUT2D eigenvalue weighted by Crippen LogP contribution is -2.45. The number of aromatic carboxylic acids is 1. The van der Waals surface area contributed by atoms with Gasteiger partial charge in [-0.25, -0.2) is 9.59 Å². The van der Waals surface area contributed by atoms with E-state index in [-0.39, 0.29) is 29.7 Å². The topological polar surface area (TPSA) is 169 Å². The number of likely N-dealkylation sites (tertiary alicyclic amines) is 1. The SMILES string of the molecule is CC.CC(C)(C)OC(=O)N1CCCC1C(=O)Nc1ccc(N2CCOCC2=O)cc1.O=C(O)c1ccc([N+](=O)[O-])cc1. The Labute approximate surface area is 244 Å². The molecule has 13 heteroatoms. The third-order valence-corrected chi connectivity index (χ3v) is 5.94. The lowest BCUT2D eigenvalue weighted by atomic mass is 10.2. The smallest absolute Gasteiger partial charge is 0.410 e. The molecule has 228 valence electrons. The van der Waals surface area contributed by atoms with Gasteiger partial charge in [0, 0.05) is 36.6 Å². The molecule has 2 N–H and O–H groups in total. The summed E-state index contributed by atoms with van der Waals surface area (Å²) in [4.78, 5) is 60.0. The summed E-state index contributed by atoms with van der Waals surface area (Å²) < 4.78 is 10.5. The van der Waals surface area contributed by atoms with Gasteiger partial charge in [0.25, 0.3) is 11.6 Å². The molecule has 2 saturated heterocycles. The normalized spacial score (nSPS) is 16.3. The Morgan fingerprint density at radius 3 is 2.19 bits per heavy atom. The fraction of sp³-hybridized carbons (Fsp3) is 0.448. The Kier molecular flexibility index (Phi) is 12.4. The molecule has 13 nitrogen and oxygen atoms in total. The van der Waals surface area contributed by atoms with Crippen LogP contribution in [0.15, 0.2) is 48.5 Å². The zero-order chi connectivity index (χ0) is 31.4. The fourth-order valence-electron chi connectivity index (χ4n) is 4.05. The zero-order valence-electron chi connectivity index (χ0n) is 24.5. The standard InChI is InChI=1S/C20H27N3O5.C7H5NO4.C2H6/c1-20(2,3)28-19(26)23-10-4-5-16(23)18(25)21-14-6-8-15(9-7-14)22-11-12-27-13-17(22)24;9-7(10)5-1-3-6(4-2-5)8(11)12;1-2/h6-9,16H,4-5,10-13H2,1-3H3,(H,21,25);1-4H,(H,9,10);1-2H3. The fourth-order valence-corrected chi connectivity index (χ4v) is 4.05. The van der Waals surface area contributed by atoms with Crippen LogP contribution >= 0.6 is 0 Å². The lowest BCUT2D eigenvalue weighted by Gasteiger charge is -2.28. The molecule has 2 aliphatic heterocycles. The van der Waals surface area contributed by atoms with Gasteiger partial charge in [-0.15, -0.1) is 0 Å². The lowest BCUT2D eigenvalue weighted by molar-refractivity contribution is -0.384. The molecule has 1 atom stereocenters. The first-order valence-electron chi connectivity index (χ1n) is 13.6. The molecule has 0 aliphatic carbocycles. The summed E-state index contributed by atoms with van der Waals surface area (Å²) in [5.74, 6) is -1.41. The maximum absolute atomic E-state index is 12.7. The van der Waals surface area contributed by atoms with Crippen molar-refractivity contribution in [3.05, 3.63) is 64.2 Å². The van der Waals surface area contributed by atoms with Crippen LogP contribution in [0, 0.1) is 10.1 Å². The quantitative estimate of drug-likeness (QED) is 0.372. The van der Waals surface area contributed by atoms with E-state index >= 15 is 0 Å². The van der Waals surface area contributed by atoms with Gasteiger partial charge in [0.2, 0.25) is 5.91 Å². The van der Waals surface area contributed by atoms with Crippen LogP contribution in [0.3, 0.4) is 0 Å². The zero-order valence-corrected chi connectivity index (χ0v) is 24.5. The van der Waals surface area contributed by atoms with Crippen molar-refractivity contribution >= 4 is 40.9 Å². The van der Waals surface area contributed by atoms with Gasteiger partial charge in [-0.1, -0.05) is 13.8 Å². The number of morpholine rings is 1. The van der Waals surface area contributed by atoms with Crippen LogP contribution in [0.5, 0.6) is 0 Å². The number of nitro groups is 1. The van der Waals surface area contributed by atoms with E-state index in [1.807, 2.05) is 13.8 Å². The van der Waals surface area contributed by atoms with E-state index in [4.69, 9.17) is 14.6 Å². The molecule has 0 saturated carbocycles. The molecule has 0 spiro atoms. The first kappa shape index (κ1) is 33.7. The molecule has 2 fully saturated rings. The molecular weight excluding hydrogens is 548 g/mol. The number of rotatable bonds is 5. The molecule has 1 unspecified atom stereocenters. The number of hydrogen-bond donors (Lipinski definition) is 2. The van der Waals surface area contributed by atoms with Crippen molar-refractivity contribution in [3.8, 4) is 0 Å². The van der Waals surface area contributed by atoms with E-state index in [0.717, 1.165) is 24.2 Å². The van der Waals surface area contributed by atoms with Gasteiger partial charge in [0.1, 0.15) is 18.2 Å². The van der Waals surface area contributed by atoms with Crippen molar-refractivity contribution in [2.24, 2.45) is 0 Å². The first-order valence-corrected chi connectivity index (χ1v) is 13.6. The van der Waals surface area contributed by atoms with Crippen LogP contribution < -0.4 is 10.2 Å². The summed E-state index contributed by atoms with van der Waals surface area (Å²) in [5.41, 5.74) is 0.710. The van der Waals surface area contributed by atoms with Gasteiger partial charge in [0.15, 0.2) is 0 Å². The van der Waals surface area contributed by atoms with Crippen molar-refractivity contribution in [2.75, 3.05) is 36.5 Å². The number of anilines is 2. The van der Waals surface area contributed by atoms with Crippen molar-refractivity contribution in [2.45, 2.75) is 59.1 Å². The van der Waals surface area contributed by atoms with Gasteiger partial charge in [0.05, 0.1) is 17.1 Å². The molecule has 3 amide bonds. The average molecular weight is 587 g/mol. The van der Waals surface area contributed by atoms with Gasteiger partial charge in [-0.05, 0) is 70.0 Å². The Morgan fingerprint density at radius 1 is 1.05 bits per heavy atom. The highest BCUT2D eigenvalue weighted by Crippen LogP contribution is 2.24. The number of benzene rings is 2. The van der Waals surface area contributed by atoms with Crippen LogP contribution in [-0.2, 0) is 19.1 Å². The molecule has 4 rings (SSSR count). The van der Waals surface area contributed by atoms with Crippen LogP contribution in [0.2, 0.25) is 0 Å². The van der Waals surface area contributed by atoms with E-state index in [9.17, 15) is 29.3 Å². The van der Waals surface area contributed by atoms with Gasteiger partial charge in [-0.3, -0.25) is 24.6 Å². The maximum Gasteiger partial charge on any atom is 0.410 e. The molecule has 2 aromatic carbocycles. The minimum atomic E-state index is -1.09. The van der Waals surface area contributed by atoms with E-state index in [0.29, 0.717) is 31.8 Å². The largest absolute Gasteiger partial charge is 0.478 e. The monoisotopic (exact) mass is 586 g/mol. The minimum Gasteiger partial charge on any atom is -0.478 e. The second-order valence-corrected chi connectivity index (χ2v) is 10.1. The summed E-state index contributed by atoms with van der Waals surface area (Å²) in [6.45, 7) is 11.0. The summed E-state index contributed by atoms with van der Waals surface area (Å²) >= 11 is 0. The molecular formula is C29H38N4O9. The summed E-state index contributed by atoms with van der Waals surface area (Å²) in [6.07, 6.45) is 0.896. The summed E-state index contributed by atoms with van der Waals surface area (Å²) in [5, 5.41) is 21.4. The number of carboxylic acid groups (broad SMARTS) is 1. The van der Waals surface area contributed by atoms with E-state index in [1.54, 1.807) is 49.9 Å². The predicted molar refractivity (Wildman–Crippen MR) is 156 cm³/mol. The number of carbonyl (C=O) groups is 4. The minimum absolute atomic E-state index is 0.0422. The highest BCUT2D eigenvalue weighted by Gasteiger charge is 2.36. The van der Waals surface area contributed by atoms with E-state index in [1.165, 1.54) is 17.0 Å². The number of amides is 3. The molecule has 2 aromatic rings. The van der Waals surface area contributed by atoms with Gasteiger partial charge >= 0.3 is 12.1 Å². The third-order valence-electron chi connectivity index (χ3n) is 5.94. The van der Waals surface area contributed by atoms with E-state index in [2.05, 4.69) is 5.32 Å². The molecule has 2 heterocycles. The molecule has 42 heavy (non-hydrogen) atoms. The second-order valence-electron chi connectivity index (χ2n) is 10.1. The first-order chi connectivity index (χ1) is 19.9. The Balaban J connectivity index is 0.000000368. The molecule has 2 aliphatic rings. The van der Waals surface area contributed by atoms with E-state index < -0.39 is 28.6 Å². The Morgan fingerprint density at radius 2 is 1.67 bits per heavy atom. The number of hydrogen-bond acceptors (Lipinski definition) is 8. The van der Waals surface area contributed by atoms with Crippen LogP contribution in [0.25, 0.3) is 0 Å². The predicted octanol–water partition coefficient (Wildman–Crippen LogP) is 4.71. The van der Waals surface area contributed by atoms with Crippen LogP contribution in [-0.4, -0.2) is 76.8 Å².